The molecule has 0 saturated carbocycles. The number of benzene rings is 1. The van der Waals surface area contributed by atoms with E-state index in [0.29, 0.717) is 12.3 Å². The molecule has 1 fully saturated rings. The van der Waals surface area contributed by atoms with Gasteiger partial charge in [-0.1, -0.05) is 12.1 Å². The first-order valence-corrected chi connectivity index (χ1v) is 9.97. The zero-order chi connectivity index (χ0) is 21.2. The number of guanidine groups is 1. The smallest absolute Gasteiger partial charge is 0.308 e. The lowest BCUT2D eigenvalue weighted by Crippen LogP contribution is -2.46. The van der Waals surface area contributed by atoms with E-state index in [9.17, 15) is 9.59 Å². The Labute approximate surface area is 172 Å². The van der Waals surface area contributed by atoms with E-state index >= 15 is 0 Å². The number of piperidine rings is 1. The third-order valence-electron chi connectivity index (χ3n) is 4.83. The summed E-state index contributed by atoms with van der Waals surface area (Å²) in [4.78, 5) is 31.8. The number of nitrogens with zero attached hydrogens (tertiary/aromatic N) is 3. The second-order valence-corrected chi connectivity index (χ2v) is 7.18. The molecular formula is C21H32N4O4. The van der Waals surface area contributed by atoms with E-state index in [4.69, 9.17) is 14.5 Å². The van der Waals surface area contributed by atoms with Gasteiger partial charge in [0.1, 0.15) is 5.75 Å². The molecule has 1 aromatic rings. The number of likely N-dealkylation sites (N-methyl/N-ethyl adjacent to an activating group) is 1. The molecule has 1 aliphatic rings. The van der Waals surface area contributed by atoms with E-state index in [0.717, 1.165) is 44.0 Å². The Morgan fingerprint density at radius 3 is 2.62 bits per heavy atom. The highest BCUT2D eigenvalue weighted by atomic mass is 16.5. The van der Waals surface area contributed by atoms with Gasteiger partial charge in [0.15, 0.2) is 12.6 Å². The zero-order valence-corrected chi connectivity index (χ0v) is 17.8. The van der Waals surface area contributed by atoms with Crippen LogP contribution < -0.4 is 10.1 Å². The van der Waals surface area contributed by atoms with Crippen molar-refractivity contribution in [2.24, 2.45) is 10.9 Å². The Kier molecular flexibility index (Phi) is 8.76. The maximum atomic E-state index is 11.7. The van der Waals surface area contributed by atoms with Crippen LogP contribution in [0.1, 0.15) is 25.3 Å². The molecule has 0 aromatic heterocycles. The summed E-state index contributed by atoms with van der Waals surface area (Å²) < 4.78 is 10.4. The number of ether oxygens (including phenoxy) is 2. The molecule has 0 atom stereocenters. The highest BCUT2D eigenvalue weighted by Crippen LogP contribution is 2.19. The molecule has 29 heavy (non-hydrogen) atoms. The first kappa shape index (κ1) is 22.5. The Hall–Kier alpha value is -2.77. The fourth-order valence-corrected chi connectivity index (χ4v) is 3.09. The van der Waals surface area contributed by atoms with Gasteiger partial charge in [0, 0.05) is 33.7 Å². The van der Waals surface area contributed by atoms with Crippen LogP contribution in [0.5, 0.6) is 5.75 Å². The number of methoxy groups -OCH3 is 1. The van der Waals surface area contributed by atoms with Crippen molar-refractivity contribution in [2.45, 2.75) is 26.3 Å². The molecule has 1 N–H and O–H groups in total. The van der Waals surface area contributed by atoms with E-state index in [1.165, 1.54) is 12.0 Å². The van der Waals surface area contributed by atoms with Crippen LogP contribution in [-0.4, -0.2) is 75.1 Å². The Morgan fingerprint density at radius 2 is 2.00 bits per heavy atom. The fourth-order valence-electron chi connectivity index (χ4n) is 3.09. The number of hydrogen-bond donors (Lipinski definition) is 1. The molecule has 0 radical (unpaired) electrons. The molecule has 0 spiro atoms. The third-order valence-corrected chi connectivity index (χ3v) is 4.83. The summed E-state index contributed by atoms with van der Waals surface area (Å²) >= 11 is 0. The monoisotopic (exact) mass is 404 g/mol. The highest BCUT2D eigenvalue weighted by Gasteiger charge is 2.26. The molecule has 8 nitrogen and oxygen atoms in total. The van der Waals surface area contributed by atoms with Crippen LogP contribution in [0.4, 0.5) is 0 Å². The molecular weight excluding hydrogens is 372 g/mol. The number of rotatable bonds is 7. The van der Waals surface area contributed by atoms with Crippen molar-refractivity contribution in [3.63, 3.8) is 0 Å². The predicted molar refractivity (Wildman–Crippen MR) is 112 cm³/mol. The normalized spacial score (nSPS) is 15.0. The number of carbonyl (C=O) groups excluding carboxylic acids is 2. The van der Waals surface area contributed by atoms with Crippen LogP contribution in [0.2, 0.25) is 0 Å². The Balaban J connectivity index is 1.97. The van der Waals surface area contributed by atoms with Gasteiger partial charge in [0.2, 0.25) is 0 Å². The van der Waals surface area contributed by atoms with E-state index in [-0.39, 0.29) is 24.4 Å². The number of carbonyl (C=O) groups is 2. The number of esters is 1. The van der Waals surface area contributed by atoms with Gasteiger partial charge in [-0.2, -0.15) is 0 Å². The summed E-state index contributed by atoms with van der Waals surface area (Å²) in [5.41, 5.74) is 1.000. The third kappa shape index (κ3) is 6.96. The van der Waals surface area contributed by atoms with Crippen molar-refractivity contribution >= 4 is 17.8 Å². The predicted octanol–water partition coefficient (Wildman–Crippen LogP) is 1.50. The average molecular weight is 405 g/mol. The lowest BCUT2D eigenvalue weighted by Gasteiger charge is -2.33. The molecule has 2 rings (SSSR count). The summed E-state index contributed by atoms with van der Waals surface area (Å²) in [6.45, 7) is 4.84. The minimum atomic E-state index is -0.129. The Morgan fingerprint density at radius 1 is 1.28 bits per heavy atom. The standard InChI is InChI=1S/C21H32N4O4/c1-5-22-21(25-11-9-17(10-12-25)20(27)28-4)23-14-16-7-6-8-18(13-16)29-15-19(26)24(2)3/h6-8,13,17H,5,9-12,14-15H2,1-4H3,(H,22,23). The minimum absolute atomic E-state index is 0.0114. The number of amides is 1. The van der Waals surface area contributed by atoms with Gasteiger partial charge in [0.25, 0.3) is 5.91 Å². The highest BCUT2D eigenvalue weighted by molar-refractivity contribution is 5.80. The molecule has 0 unspecified atom stereocenters. The molecule has 1 saturated heterocycles. The lowest BCUT2D eigenvalue weighted by molar-refractivity contribution is -0.146. The maximum Gasteiger partial charge on any atom is 0.308 e. The van der Waals surface area contributed by atoms with Crippen LogP contribution in [-0.2, 0) is 20.9 Å². The molecule has 0 bridgehead atoms. The summed E-state index contributed by atoms with van der Waals surface area (Å²) in [7, 11) is 4.84. The molecule has 1 aliphatic heterocycles. The summed E-state index contributed by atoms with van der Waals surface area (Å²) in [6, 6.07) is 7.62. The first-order valence-electron chi connectivity index (χ1n) is 9.97. The molecule has 0 aliphatic carbocycles. The minimum Gasteiger partial charge on any atom is -0.484 e. The van der Waals surface area contributed by atoms with Gasteiger partial charge >= 0.3 is 5.97 Å². The number of hydrogen-bond acceptors (Lipinski definition) is 5. The number of nitrogens with one attached hydrogen (secondary N) is 1. The largest absolute Gasteiger partial charge is 0.484 e. The van der Waals surface area contributed by atoms with Gasteiger partial charge < -0.3 is 24.6 Å². The van der Waals surface area contributed by atoms with Crippen molar-refractivity contribution in [2.75, 3.05) is 47.4 Å². The van der Waals surface area contributed by atoms with Crippen LogP contribution >= 0.6 is 0 Å². The van der Waals surface area contributed by atoms with Gasteiger partial charge in [-0.3, -0.25) is 9.59 Å². The SMILES string of the molecule is CCNC(=NCc1cccc(OCC(=O)N(C)C)c1)N1CCC(C(=O)OC)CC1. The van der Waals surface area contributed by atoms with Gasteiger partial charge in [-0.25, -0.2) is 4.99 Å². The van der Waals surface area contributed by atoms with Crippen LogP contribution in [0.15, 0.2) is 29.3 Å². The first-order chi connectivity index (χ1) is 13.9. The zero-order valence-electron chi connectivity index (χ0n) is 17.8. The topological polar surface area (TPSA) is 83.5 Å². The van der Waals surface area contributed by atoms with Crippen molar-refractivity contribution in [1.29, 1.82) is 0 Å². The van der Waals surface area contributed by atoms with Crippen molar-refractivity contribution in [3.8, 4) is 5.75 Å². The molecule has 1 aromatic carbocycles. The Bertz CT molecular complexity index is 712. The number of aliphatic imine (C=N–C) groups is 1. The molecule has 1 heterocycles. The van der Waals surface area contributed by atoms with E-state index in [1.807, 2.05) is 31.2 Å². The fraction of sp³-hybridized carbons (Fsp3) is 0.571. The van der Waals surface area contributed by atoms with Crippen molar-refractivity contribution in [1.82, 2.24) is 15.1 Å². The van der Waals surface area contributed by atoms with E-state index in [1.54, 1.807) is 14.1 Å². The summed E-state index contributed by atoms with van der Waals surface area (Å²) in [5, 5.41) is 3.33. The van der Waals surface area contributed by atoms with E-state index in [2.05, 4.69) is 10.2 Å². The lowest BCUT2D eigenvalue weighted by atomic mass is 9.97. The summed E-state index contributed by atoms with van der Waals surface area (Å²) in [5.74, 6) is 1.24. The quantitative estimate of drug-likeness (QED) is 0.421. The molecule has 160 valence electrons. The second kappa shape index (κ2) is 11.3. The summed E-state index contributed by atoms with van der Waals surface area (Å²) in [6.07, 6.45) is 1.53. The molecule has 8 heteroatoms. The maximum absolute atomic E-state index is 11.7. The van der Waals surface area contributed by atoms with Crippen LogP contribution in [0.3, 0.4) is 0 Å². The second-order valence-electron chi connectivity index (χ2n) is 7.18. The van der Waals surface area contributed by atoms with Gasteiger partial charge in [0.05, 0.1) is 19.6 Å². The molecule has 1 amide bonds. The average Bonchev–Trinajstić information content (AvgIpc) is 2.74. The van der Waals surface area contributed by atoms with Crippen molar-refractivity contribution in [3.05, 3.63) is 29.8 Å². The van der Waals surface area contributed by atoms with E-state index < -0.39 is 0 Å². The van der Waals surface area contributed by atoms with Crippen molar-refractivity contribution < 1.29 is 19.1 Å². The van der Waals surface area contributed by atoms with Gasteiger partial charge in [-0.15, -0.1) is 0 Å². The van der Waals surface area contributed by atoms with Crippen LogP contribution in [0.25, 0.3) is 0 Å². The van der Waals surface area contributed by atoms with Gasteiger partial charge in [-0.05, 0) is 37.5 Å². The number of likely N-dealkylation sites (tertiary alicyclic amines) is 1. The van der Waals surface area contributed by atoms with Crippen LogP contribution in [0, 0.1) is 5.92 Å².